The Balaban J connectivity index is 1.84. The van der Waals surface area contributed by atoms with E-state index in [1.54, 1.807) is 20.8 Å². The van der Waals surface area contributed by atoms with E-state index in [0.717, 1.165) is 12.1 Å². The van der Waals surface area contributed by atoms with Crippen molar-refractivity contribution in [1.82, 2.24) is 15.1 Å². The lowest BCUT2D eigenvalue weighted by Gasteiger charge is -2.30. The van der Waals surface area contributed by atoms with E-state index >= 15 is 0 Å². The Morgan fingerprint density at radius 1 is 1.32 bits per heavy atom. The number of hydrogen-bond donors (Lipinski definition) is 2. The van der Waals surface area contributed by atoms with Crippen molar-refractivity contribution in [3.8, 4) is 0 Å². The zero-order chi connectivity index (χ0) is 22.7. The van der Waals surface area contributed by atoms with Gasteiger partial charge in [0.1, 0.15) is 29.7 Å². The molecule has 1 aromatic carbocycles. The van der Waals surface area contributed by atoms with E-state index in [1.807, 2.05) is 0 Å². The molecule has 162 valence electrons. The SMILES string of the molecule is C=C1C(OCc2c(F)cccc2F)=CC(Cl)=CN1C(C(=O)Nc1cn[nH]c1C)=C(C)C. The van der Waals surface area contributed by atoms with Crippen molar-refractivity contribution in [2.24, 2.45) is 0 Å². The molecule has 0 saturated heterocycles. The van der Waals surface area contributed by atoms with Crippen molar-refractivity contribution in [3.05, 3.63) is 93.9 Å². The number of carbonyl (C=O) groups is 1. The molecule has 9 heteroatoms. The van der Waals surface area contributed by atoms with Gasteiger partial charge in [-0.25, -0.2) is 8.78 Å². The summed E-state index contributed by atoms with van der Waals surface area (Å²) in [5.74, 6) is -1.67. The average Bonchev–Trinajstić information content (AvgIpc) is 3.09. The van der Waals surface area contributed by atoms with Crippen LogP contribution in [-0.2, 0) is 16.1 Å². The molecule has 0 atom stereocenters. The maximum absolute atomic E-state index is 13.9. The molecule has 0 bridgehead atoms. The van der Waals surface area contributed by atoms with E-state index in [0.29, 0.717) is 17.0 Å². The number of ether oxygens (including phenoxy) is 1. The topological polar surface area (TPSA) is 70.2 Å². The van der Waals surface area contributed by atoms with Gasteiger partial charge in [-0.1, -0.05) is 24.2 Å². The molecular weight excluding hydrogens is 426 g/mol. The quantitative estimate of drug-likeness (QED) is 0.595. The van der Waals surface area contributed by atoms with Crippen LogP contribution in [0.2, 0.25) is 0 Å². The lowest BCUT2D eigenvalue weighted by molar-refractivity contribution is -0.113. The minimum Gasteiger partial charge on any atom is -0.486 e. The molecule has 2 aromatic rings. The highest BCUT2D eigenvalue weighted by atomic mass is 35.5. The Morgan fingerprint density at radius 3 is 2.58 bits per heavy atom. The monoisotopic (exact) mass is 446 g/mol. The Kier molecular flexibility index (Phi) is 6.60. The van der Waals surface area contributed by atoms with E-state index in [-0.39, 0.29) is 34.4 Å². The highest BCUT2D eigenvalue weighted by Gasteiger charge is 2.27. The van der Waals surface area contributed by atoms with Gasteiger partial charge in [0.15, 0.2) is 0 Å². The number of aryl methyl sites for hydroxylation is 1. The van der Waals surface area contributed by atoms with Crippen molar-refractivity contribution in [1.29, 1.82) is 0 Å². The fourth-order valence-corrected chi connectivity index (χ4v) is 3.14. The molecule has 0 aliphatic carbocycles. The van der Waals surface area contributed by atoms with Crippen LogP contribution in [0.1, 0.15) is 25.1 Å². The molecule has 1 aromatic heterocycles. The molecular formula is C22H21ClF2N4O2. The fourth-order valence-electron chi connectivity index (χ4n) is 2.95. The van der Waals surface area contributed by atoms with Crippen molar-refractivity contribution in [3.63, 3.8) is 0 Å². The van der Waals surface area contributed by atoms with Crippen molar-refractivity contribution in [2.45, 2.75) is 27.4 Å². The van der Waals surface area contributed by atoms with Gasteiger partial charge in [-0.3, -0.25) is 9.89 Å². The number of aromatic amines is 1. The number of allylic oxidation sites excluding steroid dienone is 3. The van der Waals surface area contributed by atoms with Crippen LogP contribution in [0.15, 0.2) is 71.0 Å². The van der Waals surface area contributed by atoms with E-state index in [4.69, 9.17) is 16.3 Å². The molecule has 0 unspecified atom stereocenters. The molecule has 1 aliphatic rings. The summed E-state index contributed by atoms with van der Waals surface area (Å²) in [5, 5.41) is 9.68. The van der Waals surface area contributed by atoms with E-state index in [9.17, 15) is 13.6 Å². The third kappa shape index (κ3) is 4.86. The number of amides is 1. The molecule has 1 amide bonds. The summed E-state index contributed by atoms with van der Waals surface area (Å²) < 4.78 is 33.5. The summed E-state index contributed by atoms with van der Waals surface area (Å²) >= 11 is 6.24. The first-order valence-corrected chi connectivity index (χ1v) is 9.68. The highest BCUT2D eigenvalue weighted by molar-refractivity contribution is 6.31. The number of rotatable bonds is 6. The van der Waals surface area contributed by atoms with Crippen LogP contribution in [0.5, 0.6) is 0 Å². The van der Waals surface area contributed by atoms with Crippen LogP contribution in [0.25, 0.3) is 0 Å². The number of benzene rings is 1. The Bertz CT molecular complexity index is 1110. The van der Waals surface area contributed by atoms with Crippen molar-refractivity contribution >= 4 is 23.2 Å². The molecule has 2 heterocycles. The lowest BCUT2D eigenvalue weighted by atomic mass is 10.1. The third-order valence-corrected chi connectivity index (χ3v) is 4.74. The summed E-state index contributed by atoms with van der Waals surface area (Å²) in [4.78, 5) is 14.5. The second kappa shape index (κ2) is 9.18. The number of hydrogen-bond acceptors (Lipinski definition) is 4. The first-order chi connectivity index (χ1) is 14.7. The maximum atomic E-state index is 13.9. The van der Waals surface area contributed by atoms with Crippen molar-refractivity contribution in [2.75, 3.05) is 5.32 Å². The largest absolute Gasteiger partial charge is 0.486 e. The second-order valence-corrected chi connectivity index (χ2v) is 7.48. The molecule has 1 aliphatic heterocycles. The van der Waals surface area contributed by atoms with Crippen LogP contribution in [0.4, 0.5) is 14.5 Å². The summed E-state index contributed by atoms with van der Waals surface area (Å²) in [6.07, 6.45) is 4.49. The zero-order valence-corrected chi connectivity index (χ0v) is 18.0. The molecule has 31 heavy (non-hydrogen) atoms. The Labute approximate surface area is 183 Å². The molecule has 0 saturated carbocycles. The normalized spacial score (nSPS) is 13.5. The molecule has 0 radical (unpaired) electrons. The van der Waals surface area contributed by atoms with Gasteiger partial charge in [0.2, 0.25) is 0 Å². The van der Waals surface area contributed by atoms with Crippen LogP contribution >= 0.6 is 11.6 Å². The number of aromatic nitrogens is 2. The number of nitrogens with one attached hydrogen (secondary N) is 2. The number of anilines is 1. The average molecular weight is 447 g/mol. The summed E-state index contributed by atoms with van der Waals surface area (Å²) in [6, 6.07) is 3.57. The fraction of sp³-hybridized carbons (Fsp3) is 0.182. The predicted octanol–water partition coefficient (Wildman–Crippen LogP) is 5.24. The molecule has 0 spiro atoms. The molecule has 0 fully saturated rings. The van der Waals surface area contributed by atoms with Crippen LogP contribution < -0.4 is 5.32 Å². The standard InChI is InChI=1S/C22H21ClF2N4O2/c1-12(2)21(22(30)27-19-9-26-28-13(19)3)29-10-15(23)8-20(14(29)4)31-11-16-17(24)6-5-7-18(16)25/h5-10H,4,11H2,1-3H3,(H,26,28)(H,27,30). The molecule has 6 nitrogen and oxygen atoms in total. The zero-order valence-electron chi connectivity index (χ0n) is 17.2. The maximum Gasteiger partial charge on any atom is 0.272 e. The van der Waals surface area contributed by atoms with Gasteiger partial charge in [-0.05, 0) is 38.5 Å². The van der Waals surface area contributed by atoms with E-state index in [2.05, 4.69) is 22.1 Å². The number of carbonyl (C=O) groups excluding carboxylic acids is 1. The van der Waals surface area contributed by atoms with Gasteiger partial charge in [-0.2, -0.15) is 5.10 Å². The molecule has 2 N–H and O–H groups in total. The summed E-state index contributed by atoms with van der Waals surface area (Å²) in [6.45, 7) is 8.91. The predicted molar refractivity (Wildman–Crippen MR) is 114 cm³/mol. The number of H-pyrrole nitrogens is 1. The minimum atomic E-state index is -0.722. The van der Waals surface area contributed by atoms with E-state index in [1.165, 1.54) is 29.4 Å². The Morgan fingerprint density at radius 2 is 2.00 bits per heavy atom. The smallest absolute Gasteiger partial charge is 0.272 e. The van der Waals surface area contributed by atoms with E-state index < -0.39 is 17.5 Å². The number of nitrogens with zero attached hydrogens (tertiary/aromatic N) is 2. The minimum absolute atomic E-state index is 0.182. The molecule has 3 rings (SSSR count). The number of halogens is 3. The van der Waals surface area contributed by atoms with Gasteiger partial charge in [0.05, 0.1) is 33.9 Å². The van der Waals surface area contributed by atoms with Crippen LogP contribution in [0.3, 0.4) is 0 Å². The highest BCUT2D eigenvalue weighted by Crippen LogP contribution is 2.31. The van der Waals surface area contributed by atoms with Crippen LogP contribution in [0, 0.1) is 18.6 Å². The van der Waals surface area contributed by atoms with Gasteiger partial charge in [0, 0.05) is 12.3 Å². The first-order valence-electron chi connectivity index (χ1n) is 9.31. The Hall–Kier alpha value is -3.39. The van der Waals surface area contributed by atoms with Crippen molar-refractivity contribution < 1.29 is 18.3 Å². The van der Waals surface area contributed by atoms with Gasteiger partial charge in [0.25, 0.3) is 5.91 Å². The van der Waals surface area contributed by atoms with Gasteiger partial charge in [-0.15, -0.1) is 0 Å². The summed E-state index contributed by atoms with van der Waals surface area (Å²) in [5.41, 5.74) is 2.25. The summed E-state index contributed by atoms with van der Waals surface area (Å²) in [7, 11) is 0. The first kappa shape index (κ1) is 22.3. The van der Waals surface area contributed by atoms with Crippen LogP contribution in [-0.4, -0.2) is 21.0 Å². The second-order valence-electron chi connectivity index (χ2n) is 7.04. The third-order valence-electron chi connectivity index (χ3n) is 4.54. The van der Waals surface area contributed by atoms with Gasteiger partial charge < -0.3 is 15.0 Å². The lowest BCUT2D eigenvalue weighted by Crippen LogP contribution is -2.30. The van der Waals surface area contributed by atoms with Gasteiger partial charge >= 0.3 is 0 Å².